The van der Waals surface area contributed by atoms with Crippen molar-refractivity contribution in [2.24, 2.45) is 0 Å². The van der Waals surface area contributed by atoms with E-state index in [0.29, 0.717) is 29.3 Å². The summed E-state index contributed by atoms with van der Waals surface area (Å²) in [5.74, 6) is 0.984. The maximum Gasteiger partial charge on any atom is 0.258 e. The SMILES string of the molecule is COc1ccc(Cl)cc1C(=O)N1CCCC1C(=O)NC(C)CCc1ccco1. The van der Waals surface area contributed by atoms with Crippen molar-refractivity contribution in [1.82, 2.24) is 10.2 Å². The zero-order chi connectivity index (χ0) is 20.1. The van der Waals surface area contributed by atoms with Gasteiger partial charge in [-0.2, -0.15) is 0 Å². The summed E-state index contributed by atoms with van der Waals surface area (Å²) in [7, 11) is 1.51. The molecule has 2 heterocycles. The van der Waals surface area contributed by atoms with Gasteiger partial charge in [0.1, 0.15) is 17.6 Å². The molecule has 2 atom stereocenters. The number of methoxy groups -OCH3 is 1. The molecule has 0 spiro atoms. The number of amides is 2. The molecule has 1 fully saturated rings. The minimum atomic E-state index is -0.484. The van der Waals surface area contributed by atoms with E-state index in [9.17, 15) is 9.59 Å². The Kier molecular flexibility index (Phi) is 6.62. The second-order valence-electron chi connectivity index (χ2n) is 7.03. The molecule has 1 N–H and O–H groups in total. The number of ether oxygens (including phenoxy) is 1. The van der Waals surface area contributed by atoms with Gasteiger partial charge in [-0.15, -0.1) is 0 Å². The Morgan fingerprint density at radius 3 is 2.93 bits per heavy atom. The van der Waals surface area contributed by atoms with E-state index in [1.165, 1.54) is 7.11 Å². The van der Waals surface area contributed by atoms with Crippen molar-refractivity contribution >= 4 is 23.4 Å². The Hall–Kier alpha value is -2.47. The van der Waals surface area contributed by atoms with Gasteiger partial charge in [0.2, 0.25) is 5.91 Å². The fraction of sp³-hybridized carbons (Fsp3) is 0.429. The summed E-state index contributed by atoms with van der Waals surface area (Å²) in [4.78, 5) is 27.5. The number of aryl methyl sites for hydroxylation is 1. The number of halogens is 1. The Labute approximate surface area is 169 Å². The minimum absolute atomic E-state index is 0.0177. The van der Waals surface area contributed by atoms with Gasteiger partial charge in [-0.05, 0) is 56.5 Å². The number of hydrogen-bond acceptors (Lipinski definition) is 4. The number of furan rings is 1. The maximum atomic E-state index is 13.1. The van der Waals surface area contributed by atoms with Crippen LogP contribution in [-0.4, -0.2) is 42.5 Å². The van der Waals surface area contributed by atoms with Gasteiger partial charge in [-0.1, -0.05) is 11.6 Å². The molecule has 1 aromatic carbocycles. The summed E-state index contributed by atoms with van der Waals surface area (Å²) in [6, 6.07) is 8.19. The van der Waals surface area contributed by atoms with Crippen molar-refractivity contribution in [2.75, 3.05) is 13.7 Å². The van der Waals surface area contributed by atoms with Gasteiger partial charge >= 0.3 is 0 Å². The molecule has 7 heteroatoms. The van der Waals surface area contributed by atoms with Gasteiger partial charge < -0.3 is 19.4 Å². The van der Waals surface area contributed by atoms with Gasteiger partial charge in [-0.25, -0.2) is 0 Å². The Balaban J connectivity index is 1.64. The smallest absolute Gasteiger partial charge is 0.258 e. The van der Waals surface area contributed by atoms with Crippen molar-refractivity contribution in [1.29, 1.82) is 0 Å². The van der Waals surface area contributed by atoms with E-state index in [1.807, 2.05) is 19.1 Å². The number of likely N-dealkylation sites (tertiary alicyclic amines) is 1. The third-order valence-corrected chi connectivity index (χ3v) is 5.24. The molecule has 0 radical (unpaired) electrons. The molecule has 28 heavy (non-hydrogen) atoms. The summed E-state index contributed by atoms with van der Waals surface area (Å²) in [6.07, 6.45) is 4.59. The number of benzene rings is 1. The van der Waals surface area contributed by atoms with Crippen LogP contribution in [-0.2, 0) is 11.2 Å². The van der Waals surface area contributed by atoms with Crippen LogP contribution in [0.25, 0.3) is 0 Å². The van der Waals surface area contributed by atoms with Crippen LogP contribution in [0, 0.1) is 0 Å². The zero-order valence-corrected chi connectivity index (χ0v) is 16.9. The topological polar surface area (TPSA) is 71.8 Å². The predicted molar refractivity (Wildman–Crippen MR) is 107 cm³/mol. The molecule has 0 saturated carbocycles. The number of carbonyl (C=O) groups excluding carboxylic acids is 2. The second kappa shape index (κ2) is 9.15. The molecule has 2 amide bonds. The van der Waals surface area contributed by atoms with E-state index >= 15 is 0 Å². The van der Waals surface area contributed by atoms with Gasteiger partial charge in [0, 0.05) is 24.0 Å². The predicted octanol–water partition coefficient (Wildman–Crippen LogP) is 3.68. The van der Waals surface area contributed by atoms with E-state index in [0.717, 1.165) is 25.0 Å². The highest BCUT2D eigenvalue weighted by molar-refractivity contribution is 6.31. The molecule has 2 aromatic rings. The van der Waals surface area contributed by atoms with E-state index < -0.39 is 6.04 Å². The average Bonchev–Trinajstić information content (AvgIpc) is 3.37. The summed E-state index contributed by atoms with van der Waals surface area (Å²) in [6.45, 7) is 2.50. The highest BCUT2D eigenvalue weighted by atomic mass is 35.5. The third kappa shape index (κ3) is 4.68. The Bertz CT molecular complexity index is 822. The lowest BCUT2D eigenvalue weighted by Crippen LogP contribution is -2.48. The fourth-order valence-corrected chi connectivity index (χ4v) is 3.68. The van der Waals surface area contributed by atoms with Crippen molar-refractivity contribution < 1.29 is 18.7 Å². The lowest BCUT2D eigenvalue weighted by molar-refractivity contribution is -0.125. The molecule has 150 valence electrons. The molecule has 6 nitrogen and oxygen atoms in total. The first-order chi connectivity index (χ1) is 13.5. The lowest BCUT2D eigenvalue weighted by atomic mass is 10.1. The average molecular weight is 405 g/mol. The quantitative estimate of drug-likeness (QED) is 0.764. The van der Waals surface area contributed by atoms with E-state index in [4.69, 9.17) is 20.8 Å². The molecule has 1 aliphatic heterocycles. The van der Waals surface area contributed by atoms with Crippen LogP contribution in [0.3, 0.4) is 0 Å². The second-order valence-corrected chi connectivity index (χ2v) is 7.47. The lowest BCUT2D eigenvalue weighted by Gasteiger charge is -2.26. The van der Waals surface area contributed by atoms with Crippen LogP contribution in [0.4, 0.5) is 0 Å². The molecule has 0 aliphatic carbocycles. The van der Waals surface area contributed by atoms with Crippen LogP contribution in [0.2, 0.25) is 5.02 Å². The van der Waals surface area contributed by atoms with Gasteiger partial charge in [-0.3, -0.25) is 9.59 Å². The molecule has 2 unspecified atom stereocenters. The number of hydrogen-bond donors (Lipinski definition) is 1. The summed E-state index contributed by atoms with van der Waals surface area (Å²) < 4.78 is 10.6. The first kappa shape index (κ1) is 20.3. The number of carbonyl (C=O) groups is 2. The van der Waals surface area contributed by atoms with Gasteiger partial charge in [0.05, 0.1) is 18.9 Å². The Morgan fingerprint density at radius 2 is 2.21 bits per heavy atom. The molecule has 0 bridgehead atoms. The summed E-state index contributed by atoms with van der Waals surface area (Å²) in [5.41, 5.74) is 0.376. The molecule has 1 aliphatic rings. The number of rotatable bonds is 7. The van der Waals surface area contributed by atoms with Crippen LogP contribution in [0.15, 0.2) is 41.0 Å². The minimum Gasteiger partial charge on any atom is -0.496 e. The molecule has 3 rings (SSSR count). The highest BCUT2D eigenvalue weighted by Gasteiger charge is 2.36. The number of nitrogens with one attached hydrogen (secondary N) is 1. The molecule has 1 saturated heterocycles. The fourth-order valence-electron chi connectivity index (χ4n) is 3.51. The van der Waals surface area contributed by atoms with Crippen LogP contribution in [0.1, 0.15) is 42.3 Å². The van der Waals surface area contributed by atoms with Crippen molar-refractivity contribution in [3.8, 4) is 5.75 Å². The molecular formula is C21H25ClN2O4. The first-order valence-corrected chi connectivity index (χ1v) is 9.84. The number of nitrogens with zero attached hydrogens (tertiary/aromatic N) is 1. The van der Waals surface area contributed by atoms with E-state index in [-0.39, 0.29) is 17.9 Å². The van der Waals surface area contributed by atoms with Crippen molar-refractivity contribution in [2.45, 2.75) is 44.7 Å². The van der Waals surface area contributed by atoms with Crippen molar-refractivity contribution in [3.63, 3.8) is 0 Å². The summed E-state index contributed by atoms with van der Waals surface area (Å²) >= 11 is 6.06. The first-order valence-electron chi connectivity index (χ1n) is 9.47. The Morgan fingerprint density at radius 1 is 1.39 bits per heavy atom. The third-order valence-electron chi connectivity index (χ3n) is 5.00. The highest BCUT2D eigenvalue weighted by Crippen LogP contribution is 2.27. The van der Waals surface area contributed by atoms with Crippen LogP contribution >= 0.6 is 11.6 Å². The van der Waals surface area contributed by atoms with Gasteiger partial charge in [0.15, 0.2) is 0 Å². The van der Waals surface area contributed by atoms with Crippen molar-refractivity contribution in [3.05, 3.63) is 52.9 Å². The summed E-state index contributed by atoms with van der Waals surface area (Å²) in [5, 5.41) is 3.48. The van der Waals surface area contributed by atoms with Crippen LogP contribution in [0.5, 0.6) is 5.75 Å². The normalized spacial score (nSPS) is 17.4. The molecule has 1 aromatic heterocycles. The van der Waals surface area contributed by atoms with Crippen LogP contribution < -0.4 is 10.1 Å². The molecular weight excluding hydrogens is 380 g/mol. The van der Waals surface area contributed by atoms with Gasteiger partial charge in [0.25, 0.3) is 5.91 Å². The maximum absolute atomic E-state index is 13.1. The standard InChI is InChI=1S/C21H25ClN2O4/c1-14(7-9-16-5-4-12-28-16)23-20(25)18-6-3-11-24(18)21(26)17-13-15(22)8-10-19(17)27-2/h4-5,8,10,12-14,18H,3,6-7,9,11H2,1-2H3,(H,23,25). The largest absolute Gasteiger partial charge is 0.496 e. The monoisotopic (exact) mass is 404 g/mol. The zero-order valence-electron chi connectivity index (χ0n) is 16.1. The van der Waals surface area contributed by atoms with E-state index in [2.05, 4.69) is 5.32 Å². The van der Waals surface area contributed by atoms with E-state index in [1.54, 1.807) is 29.4 Å².